The van der Waals surface area contributed by atoms with Crippen LogP contribution in [0.2, 0.25) is 0 Å². The zero-order chi connectivity index (χ0) is 13.0. The van der Waals surface area contributed by atoms with Crippen LogP contribution in [-0.2, 0) is 6.42 Å². The molecule has 0 bridgehead atoms. The van der Waals surface area contributed by atoms with Gasteiger partial charge in [0.25, 0.3) is 0 Å². The van der Waals surface area contributed by atoms with Crippen molar-refractivity contribution in [2.24, 2.45) is 0 Å². The summed E-state index contributed by atoms with van der Waals surface area (Å²) < 4.78 is 4.92. The normalized spacial score (nSPS) is 23.9. The van der Waals surface area contributed by atoms with Crippen molar-refractivity contribution in [3.8, 4) is 0 Å². The van der Waals surface area contributed by atoms with E-state index >= 15 is 0 Å². The highest BCUT2D eigenvalue weighted by atomic mass is 16.5. The fraction of sp³-hybridized carbons (Fsp3) is 0.750. The summed E-state index contributed by atoms with van der Waals surface area (Å²) in [5.74, 6) is 0.289. The van der Waals surface area contributed by atoms with Gasteiger partial charge in [-0.25, -0.2) is 0 Å². The van der Waals surface area contributed by atoms with Gasteiger partial charge in [-0.3, -0.25) is 4.79 Å². The van der Waals surface area contributed by atoms with E-state index in [0.29, 0.717) is 12.2 Å². The SMILES string of the molecule is CCCc1noc(C(=O)NC2CCC(O)CC2)n1. The molecule has 1 aliphatic carbocycles. The van der Waals surface area contributed by atoms with E-state index in [1.807, 2.05) is 6.92 Å². The second-order valence-electron chi connectivity index (χ2n) is 4.74. The first kappa shape index (κ1) is 13.0. The average molecular weight is 253 g/mol. The van der Waals surface area contributed by atoms with Gasteiger partial charge in [-0.1, -0.05) is 12.1 Å². The van der Waals surface area contributed by atoms with E-state index in [2.05, 4.69) is 15.5 Å². The van der Waals surface area contributed by atoms with Crippen molar-refractivity contribution in [3.05, 3.63) is 11.7 Å². The van der Waals surface area contributed by atoms with Crippen LogP contribution in [0.4, 0.5) is 0 Å². The van der Waals surface area contributed by atoms with Gasteiger partial charge in [-0.05, 0) is 32.1 Å². The van der Waals surface area contributed by atoms with Crippen molar-refractivity contribution >= 4 is 5.91 Å². The molecule has 1 fully saturated rings. The number of nitrogens with zero attached hydrogens (tertiary/aromatic N) is 2. The number of aromatic nitrogens is 2. The smallest absolute Gasteiger partial charge is 0.315 e. The molecule has 1 aromatic heterocycles. The van der Waals surface area contributed by atoms with E-state index in [1.165, 1.54) is 0 Å². The molecule has 0 aliphatic heterocycles. The Kier molecular flexibility index (Phi) is 4.30. The van der Waals surface area contributed by atoms with Crippen molar-refractivity contribution < 1.29 is 14.4 Å². The molecule has 0 unspecified atom stereocenters. The number of aryl methyl sites for hydroxylation is 1. The third-order valence-corrected chi connectivity index (χ3v) is 3.17. The largest absolute Gasteiger partial charge is 0.393 e. The van der Waals surface area contributed by atoms with E-state index in [-0.39, 0.29) is 23.9 Å². The summed E-state index contributed by atoms with van der Waals surface area (Å²) in [4.78, 5) is 15.9. The number of nitrogens with one attached hydrogen (secondary N) is 1. The minimum absolute atomic E-state index is 0.0320. The van der Waals surface area contributed by atoms with Gasteiger partial charge >= 0.3 is 11.8 Å². The van der Waals surface area contributed by atoms with Gasteiger partial charge in [0.15, 0.2) is 5.82 Å². The summed E-state index contributed by atoms with van der Waals surface area (Å²) >= 11 is 0. The number of amides is 1. The van der Waals surface area contributed by atoms with Crippen LogP contribution in [0.15, 0.2) is 4.52 Å². The lowest BCUT2D eigenvalue weighted by molar-refractivity contribution is 0.0829. The standard InChI is InChI=1S/C12H19N3O3/c1-2-3-10-14-12(18-15-10)11(17)13-8-4-6-9(16)7-5-8/h8-9,16H,2-7H2,1H3,(H,13,17). The zero-order valence-electron chi connectivity index (χ0n) is 10.6. The molecule has 6 heteroatoms. The first-order valence-corrected chi connectivity index (χ1v) is 6.50. The first-order valence-electron chi connectivity index (χ1n) is 6.50. The number of hydrogen-bond acceptors (Lipinski definition) is 5. The average Bonchev–Trinajstić information content (AvgIpc) is 2.81. The quantitative estimate of drug-likeness (QED) is 0.837. The third kappa shape index (κ3) is 3.29. The van der Waals surface area contributed by atoms with E-state index in [9.17, 15) is 9.90 Å². The minimum Gasteiger partial charge on any atom is -0.393 e. The molecule has 2 rings (SSSR count). The van der Waals surface area contributed by atoms with Gasteiger partial charge in [0, 0.05) is 12.5 Å². The zero-order valence-corrected chi connectivity index (χ0v) is 10.6. The molecule has 1 saturated carbocycles. The number of rotatable bonds is 4. The number of aliphatic hydroxyl groups is 1. The van der Waals surface area contributed by atoms with Crippen LogP contribution < -0.4 is 5.32 Å². The Labute approximate surface area is 106 Å². The van der Waals surface area contributed by atoms with Crippen molar-refractivity contribution in [1.29, 1.82) is 0 Å². The van der Waals surface area contributed by atoms with E-state index < -0.39 is 0 Å². The van der Waals surface area contributed by atoms with Gasteiger partial charge in [0.1, 0.15) is 0 Å². The van der Waals surface area contributed by atoms with E-state index in [4.69, 9.17) is 4.52 Å². The Morgan fingerprint density at radius 1 is 1.44 bits per heavy atom. The predicted octanol–water partition coefficient (Wildman–Crippen LogP) is 1.06. The number of aliphatic hydroxyl groups excluding tert-OH is 1. The highest BCUT2D eigenvalue weighted by Gasteiger charge is 2.23. The highest BCUT2D eigenvalue weighted by molar-refractivity contribution is 5.89. The van der Waals surface area contributed by atoms with Crippen molar-refractivity contribution in [2.75, 3.05) is 0 Å². The van der Waals surface area contributed by atoms with Crippen LogP contribution in [0.3, 0.4) is 0 Å². The lowest BCUT2D eigenvalue weighted by atomic mass is 9.93. The maximum Gasteiger partial charge on any atom is 0.315 e. The fourth-order valence-corrected chi connectivity index (χ4v) is 2.14. The van der Waals surface area contributed by atoms with E-state index in [0.717, 1.165) is 32.1 Å². The van der Waals surface area contributed by atoms with E-state index in [1.54, 1.807) is 0 Å². The van der Waals surface area contributed by atoms with Crippen molar-refractivity contribution in [2.45, 2.75) is 57.6 Å². The topological polar surface area (TPSA) is 88.2 Å². The molecule has 100 valence electrons. The summed E-state index contributed by atoms with van der Waals surface area (Å²) in [6.45, 7) is 2.02. The fourth-order valence-electron chi connectivity index (χ4n) is 2.14. The molecule has 18 heavy (non-hydrogen) atoms. The number of carbonyl (C=O) groups excluding carboxylic acids is 1. The molecule has 0 spiro atoms. The van der Waals surface area contributed by atoms with Crippen LogP contribution in [0.25, 0.3) is 0 Å². The Balaban J connectivity index is 1.86. The second-order valence-corrected chi connectivity index (χ2v) is 4.74. The van der Waals surface area contributed by atoms with Crippen LogP contribution in [0, 0.1) is 0 Å². The Bertz CT molecular complexity index is 397. The summed E-state index contributed by atoms with van der Waals surface area (Å²) in [6.07, 6.45) is 4.46. The molecule has 0 radical (unpaired) electrons. The molecule has 0 atom stereocenters. The highest BCUT2D eigenvalue weighted by Crippen LogP contribution is 2.18. The summed E-state index contributed by atoms with van der Waals surface area (Å²) in [5.41, 5.74) is 0. The molecule has 1 aromatic rings. The van der Waals surface area contributed by atoms with Gasteiger partial charge in [-0.2, -0.15) is 4.98 Å². The lowest BCUT2D eigenvalue weighted by Gasteiger charge is -2.25. The van der Waals surface area contributed by atoms with Crippen LogP contribution >= 0.6 is 0 Å². The monoisotopic (exact) mass is 253 g/mol. The third-order valence-electron chi connectivity index (χ3n) is 3.17. The number of carbonyl (C=O) groups is 1. The van der Waals surface area contributed by atoms with Crippen LogP contribution in [0.5, 0.6) is 0 Å². The summed E-state index contributed by atoms with van der Waals surface area (Å²) in [6, 6.07) is 0.0995. The van der Waals surface area contributed by atoms with Crippen molar-refractivity contribution in [1.82, 2.24) is 15.5 Å². The lowest BCUT2D eigenvalue weighted by Crippen LogP contribution is -2.38. The maximum absolute atomic E-state index is 11.8. The summed E-state index contributed by atoms with van der Waals surface area (Å²) in [7, 11) is 0. The molecule has 0 saturated heterocycles. The van der Waals surface area contributed by atoms with Gasteiger partial charge < -0.3 is 14.9 Å². The minimum atomic E-state index is -0.314. The Morgan fingerprint density at radius 2 is 2.17 bits per heavy atom. The van der Waals surface area contributed by atoms with Gasteiger partial charge in [-0.15, -0.1) is 0 Å². The molecular formula is C12H19N3O3. The van der Waals surface area contributed by atoms with Crippen LogP contribution in [0.1, 0.15) is 55.5 Å². The molecular weight excluding hydrogens is 234 g/mol. The number of hydrogen-bond donors (Lipinski definition) is 2. The molecule has 1 amide bonds. The van der Waals surface area contributed by atoms with Crippen molar-refractivity contribution in [3.63, 3.8) is 0 Å². The Morgan fingerprint density at radius 3 is 2.83 bits per heavy atom. The molecule has 2 N–H and O–H groups in total. The molecule has 0 aromatic carbocycles. The molecule has 1 aliphatic rings. The summed E-state index contributed by atoms with van der Waals surface area (Å²) in [5, 5.41) is 16.0. The first-order chi connectivity index (χ1) is 8.69. The maximum atomic E-state index is 11.8. The second kappa shape index (κ2) is 5.95. The Hall–Kier alpha value is -1.43. The molecule has 1 heterocycles. The van der Waals surface area contributed by atoms with Gasteiger partial charge in [0.2, 0.25) is 0 Å². The molecule has 6 nitrogen and oxygen atoms in total. The van der Waals surface area contributed by atoms with Gasteiger partial charge in [0.05, 0.1) is 6.10 Å². The van der Waals surface area contributed by atoms with Crippen LogP contribution in [-0.4, -0.2) is 33.3 Å². The predicted molar refractivity (Wildman–Crippen MR) is 64.0 cm³/mol.